The second-order valence-corrected chi connectivity index (χ2v) is 9.62. The third-order valence-electron chi connectivity index (χ3n) is 6.90. The molecule has 4 aromatic rings. The molecular weight excluding hydrogens is 519 g/mol. The Morgan fingerprint density at radius 1 is 1.16 bits per heavy atom. The maximum atomic E-state index is 14.7. The SMILES string of the molecule is O=C(Nc1cnn([C@@H]2CCc3cc(N4CCC4)ncc32)c1)c1cncc(-c2c(C(F)F)ccc(Cl)c2F)n1. The molecule has 6 rings (SSSR count). The van der Waals surface area contributed by atoms with Crippen molar-refractivity contribution in [3.63, 3.8) is 0 Å². The number of hydrogen-bond donors (Lipinski definition) is 1. The van der Waals surface area contributed by atoms with E-state index in [1.54, 1.807) is 10.9 Å². The fourth-order valence-corrected chi connectivity index (χ4v) is 4.98. The van der Waals surface area contributed by atoms with E-state index in [0.29, 0.717) is 5.69 Å². The molecule has 0 unspecified atom stereocenters. The number of carbonyl (C=O) groups is 1. The Bertz CT molecular complexity index is 1540. The van der Waals surface area contributed by atoms with Crippen molar-refractivity contribution in [2.45, 2.75) is 31.7 Å². The number of fused-ring (bicyclic) bond motifs is 1. The van der Waals surface area contributed by atoms with Crippen LogP contribution in [0.4, 0.5) is 24.7 Å². The largest absolute Gasteiger partial charge is 0.356 e. The number of pyridine rings is 1. The highest BCUT2D eigenvalue weighted by atomic mass is 35.5. The van der Waals surface area contributed by atoms with Crippen molar-refractivity contribution in [2.75, 3.05) is 23.3 Å². The van der Waals surface area contributed by atoms with Gasteiger partial charge in [-0.2, -0.15) is 5.10 Å². The van der Waals surface area contributed by atoms with Gasteiger partial charge in [0.1, 0.15) is 11.5 Å². The Hall–Kier alpha value is -3.99. The minimum absolute atomic E-state index is 0.00437. The van der Waals surface area contributed by atoms with Crippen molar-refractivity contribution in [1.29, 1.82) is 0 Å². The third-order valence-corrected chi connectivity index (χ3v) is 7.19. The first-order valence-corrected chi connectivity index (χ1v) is 12.4. The summed E-state index contributed by atoms with van der Waals surface area (Å²) < 4.78 is 43.5. The van der Waals surface area contributed by atoms with Gasteiger partial charge in [0.05, 0.1) is 41.0 Å². The lowest BCUT2D eigenvalue weighted by atomic mass is 10.0. The topological polar surface area (TPSA) is 88.8 Å². The molecule has 38 heavy (non-hydrogen) atoms. The van der Waals surface area contributed by atoms with E-state index >= 15 is 0 Å². The molecule has 0 saturated carbocycles. The van der Waals surface area contributed by atoms with Crippen LogP contribution in [0.15, 0.2) is 49.2 Å². The highest BCUT2D eigenvalue weighted by Crippen LogP contribution is 2.37. The van der Waals surface area contributed by atoms with E-state index in [0.717, 1.165) is 55.6 Å². The van der Waals surface area contributed by atoms with Crippen molar-refractivity contribution >= 4 is 29.0 Å². The van der Waals surface area contributed by atoms with Crippen LogP contribution >= 0.6 is 11.6 Å². The van der Waals surface area contributed by atoms with Crippen LogP contribution in [0.1, 0.15) is 52.5 Å². The van der Waals surface area contributed by atoms with Crippen molar-refractivity contribution in [2.24, 2.45) is 0 Å². The van der Waals surface area contributed by atoms with Crippen LogP contribution in [0.3, 0.4) is 0 Å². The van der Waals surface area contributed by atoms with Gasteiger partial charge in [-0.05, 0) is 42.5 Å². The van der Waals surface area contributed by atoms with Crippen molar-refractivity contribution in [1.82, 2.24) is 24.7 Å². The molecule has 1 aliphatic heterocycles. The van der Waals surface area contributed by atoms with Crippen LogP contribution in [0.25, 0.3) is 11.3 Å². The summed E-state index contributed by atoms with van der Waals surface area (Å²) in [5, 5.41) is 6.78. The molecule has 1 saturated heterocycles. The van der Waals surface area contributed by atoms with Gasteiger partial charge < -0.3 is 10.2 Å². The maximum Gasteiger partial charge on any atom is 0.275 e. The Morgan fingerprint density at radius 2 is 2.00 bits per heavy atom. The summed E-state index contributed by atoms with van der Waals surface area (Å²) in [6.45, 7) is 2.07. The summed E-state index contributed by atoms with van der Waals surface area (Å²) in [4.78, 5) is 27.8. The van der Waals surface area contributed by atoms with Crippen molar-refractivity contribution in [3.8, 4) is 11.3 Å². The quantitative estimate of drug-likeness (QED) is 0.350. The van der Waals surface area contributed by atoms with Gasteiger partial charge >= 0.3 is 0 Å². The zero-order valence-electron chi connectivity index (χ0n) is 19.9. The molecule has 2 aliphatic rings. The normalized spacial score (nSPS) is 16.4. The predicted molar refractivity (Wildman–Crippen MR) is 135 cm³/mol. The van der Waals surface area contributed by atoms with E-state index in [9.17, 15) is 18.0 Å². The van der Waals surface area contributed by atoms with Gasteiger partial charge in [-0.15, -0.1) is 0 Å². The number of halogens is 4. The number of benzene rings is 1. The number of rotatable bonds is 6. The van der Waals surface area contributed by atoms with Crippen LogP contribution in [0, 0.1) is 5.82 Å². The molecule has 4 heterocycles. The second-order valence-electron chi connectivity index (χ2n) is 9.22. The minimum Gasteiger partial charge on any atom is -0.356 e. The Labute approximate surface area is 220 Å². The fraction of sp³-hybridized carbons (Fsp3) is 0.269. The van der Waals surface area contributed by atoms with Gasteiger partial charge in [0.25, 0.3) is 12.3 Å². The summed E-state index contributed by atoms with van der Waals surface area (Å²) in [5.74, 6) is -0.695. The summed E-state index contributed by atoms with van der Waals surface area (Å²) in [6, 6.07) is 4.22. The average Bonchev–Trinajstić information content (AvgIpc) is 3.51. The number of aryl methyl sites for hydroxylation is 1. The number of aromatic nitrogens is 5. The zero-order valence-corrected chi connectivity index (χ0v) is 20.7. The Morgan fingerprint density at radius 3 is 2.76 bits per heavy atom. The predicted octanol–water partition coefficient (Wildman–Crippen LogP) is 5.46. The number of nitrogens with one attached hydrogen (secondary N) is 1. The van der Waals surface area contributed by atoms with Crippen LogP contribution < -0.4 is 10.2 Å². The van der Waals surface area contributed by atoms with Gasteiger partial charge in [-0.3, -0.25) is 14.5 Å². The van der Waals surface area contributed by atoms with Crippen LogP contribution in [0.5, 0.6) is 0 Å². The maximum absolute atomic E-state index is 14.7. The lowest BCUT2D eigenvalue weighted by molar-refractivity contribution is 0.102. The lowest BCUT2D eigenvalue weighted by Gasteiger charge is -2.32. The van der Waals surface area contributed by atoms with Crippen LogP contribution in [-0.2, 0) is 6.42 Å². The number of alkyl halides is 2. The van der Waals surface area contributed by atoms with Gasteiger partial charge in [0.2, 0.25) is 0 Å². The number of amides is 1. The van der Waals surface area contributed by atoms with E-state index in [2.05, 4.69) is 36.3 Å². The standard InChI is InChI=1S/C26H21ClF3N7O/c27-18-4-3-16(25(29)30)23(24(18)28)19-11-31-12-20(35-19)26(38)34-15-9-33-37(13-15)21-5-2-14-8-22(32-10-17(14)21)36-6-1-7-36/h3-4,8-13,21,25H,1-2,5-7H2,(H,34,38)/t21-/m1/s1. The fourth-order valence-electron chi connectivity index (χ4n) is 4.82. The molecule has 1 fully saturated rings. The zero-order chi connectivity index (χ0) is 26.4. The summed E-state index contributed by atoms with van der Waals surface area (Å²) in [6.07, 6.45) is 7.40. The number of nitrogens with zero attached hydrogens (tertiary/aromatic N) is 6. The molecule has 1 amide bonds. The van der Waals surface area contributed by atoms with E-state index in [1.165, 1.54) is 24.4 Å². The van der Waals surface area contributed by atoms with E-state index in [-0.39, 0.29) is 22.5 Å². The molecule has 0 radical (unpaired) electrons. The molecular formula is C26H21ClF3N7O. The van der Waals surface area contributed by atoms with Crippen molar-refractivity contribution < 1.29 is 18.0 Å². The van der Waals surface area contributed by atoms with Gasteiger partial charge in [0.15, 0.2) is 5.82 Å². The number of hydrogen-bond acceptors (Lipinski definition) is 6. The Balaban J connectivity index is 1.21. The van der Waals surface area contributed by atoms with E-state index < -0.39 is 29.3 Å². The summed E-state index contributed by atoms with van der Waals surface area (Å²) in [5.41, 5.74) is 1.28. The van der Waals surface area contributed by atoms with E-state index in [1.807, 2.05) is 6.20 Å². The van der Waals surface area contributed by atoms with Gasteiger partial charge in [-0.25, -0.2) is 23.1 Å². The average molecular weight is 540 g/mol. The summed E-state index contributed by atoms with van der Waals surface area (Å²) in [7, 11) is 0. The number of anilines is 2. The first-order valence-electron chi connectivity index (χ1n) is 12.1. The molecule has 0 bridgehead atoms. The molecule has 8 nitrogen and oxygen atoms in total. The molecule has 1 N–H and O–H groups in total. The first-order chi connectivity index (χ1) is 18.4. The first kappa shape index (κ1) is 24.4. The number of carbonyl (C=O) groups excluding carboxylic acids is 1. The second kappa shape index (κ2) is 9.71. The van der Waals surface area contributed by atoms with Crippen LogP contribution in [0.2, 0.25) is 5.02 Å². The van der Waals surface area contributed by atoms with E-state index in [4.69, 9.17) is 11.6 Å². The molecule has 1 aliphatic carbocycles. The summed E-state index contributed by atoms with van der Waals surface area (Å²) >= 11 is 5.81. The smallest absolute Gasteiger partial charge is 0.275 e. The molecule has 194 valence electrons. The van der Waals surface area contributed by atoms with Gasteiger partial charge in [-0.1, -0.05) is 17.7 Å². The Kier molecular flexibility index (Phi) is 6.22. The molecule has 3 aromatic heterocycles. The molecule has 0 spiro atoms. The molecule has 1 aromatic carbocycles. The minimum atomic E-state index is -2.97. The highest BCUT2D eigenvalue weighted by molar-refractivity contribution is 6.31. The molecule has 1 atom stereocenters. The third kappa shape index (κ3) is 4.36. The van der Waals surface area contributed by atoms with Crippen molar-refractivity contribution in [3.05, 3.63) is 82.4 Å². The lowest BCUT2D eigenvalue weighted by Crippen LogP contribution is -2.37. The van der Waals surface area contributed by atoms with Crippen LogP contribution in [-0.4, -0.2) is 43.7 Å². The monoisotopic (exact) mass is 539 g/mol. The molecule has 12 heteroatoms. The highest BCUT2D eigenvalue weighted by Gasteiger charge is 2.28. The van der Waals surface area contributed by atoms with Gasteiger partial charge in [0, 0.05) is 36.6 Å².